The van der Waals surface area contributed by atoms with Crippen molar-refractivity contribution in [2.45, 2.75) is 65.9 Å². The van der Waals surface area contributed by atoms with Gasteiger partial charge < -0.3 is 15.3 Å². The minimum absolute atomic E-state index is 0.0217. The number of para-hydroxylation sites is 1. The van der Waals surface area contributed by atoms with Gasteiger partial charge in [0.2, 0.25) is 5.91 Å². The van der Waals surface area contributed by atoms with Gasteiger partial charge in [-0.05, 0) is 62.5 Å². The number of aromatic nitrogens is 1. The van der Waals surface area contributed by atoms with Gasteiger partial charge in [-0.2, -0.15) is 0 Å². The largest absolute Gasteiger partial charge is 0.392 e. The second kappa shape index (κ2) is 9.96. The molecule has 0 unspecified atom stereocenters. The van der Waals surface area contributed by atoms with Crippen molar-refractivity contribution in [3.05, 3.63) is 38.8 Å². The molecule has 1 heterocycles. The minimum atomic E-state index is -0.535. The van der Waals surface area contributed by atoms with Gasteiger partial charge in [0.15, 0.2) is 5.13 Å². The molecule has 1 aromatic heterocycles. The topological polar surface area (TPSA) is 65.5 Å². The number of aliphatic hydroxyl groups is 1. The van der Waals surface area contributed by atoms with Crippen LogP contribution >= 0.6 is 34.5 Å². The number of thiazole rings is 1. The predicted molar refractivity (Wildman–Crippen MR) is 141 cm³/mol. The Balaban J connectivity index is 1.60. The van der Waals surface area contributed by atoms with E-state index in [9.17, 15) is 9.90 Å². The first-order valence-electron chi connectivity index (χ1n) is 12.3. The van der Waals surface area contributed by atoms with Crippen molar-refractivity contribution in [3.8, 4) is 0 Å². The lowest BCUT2D eigenvalue weighted by atomic mass is 9.53. The second-order valence-corrected chi connectivity index (χ2v) is 12.1. The first kappa shape index (κ1) is 25.7. The van der Waals surface area contributed by atoms with E-state index < -0.39 is 6.10 Å². The zero-order valence-electron chi connectivity index (χ0n) is 20.6. The van der Waals surface area contributed by atoms with E-state index in [0.717, 1.165) is 30.1 Å². The molecule has 186 valence electrons. The van der Waals surface area contributed by atoms with Gasteiger partial charge in [-0.15, -0.1) is 11.3 Å². The summed E-state index contributed by atoms with van der Waals surface area (Å²) in [5, 5.41) is 16.8. The highest BCUT2D eigenvalue weighted by atomic mass is 35.5. The Morgan fingerprint density at radius 2 is 1.97 bits per heavy atom. The van der Waals surface area contributed by atoms with Gasteiger partial charge >= 0.3 is 0 Å². The molecule has 2 aromatic rings. The monoisotopic (exact) mass is 523 g/mol. The lowest BCUT2D eigenvalue weighted by molar-refractivity contribution is -0.144. The molecule has 8 heteroatoms. The average molecular weight is 525 g/mol. The van der Waals surface area contributed by atoms with Crippen LogP contribution in [0.5, 0.6) is 0 Å². The Kier molecular flexibility index (Phi) is 7.54. The van der Waals surface area contributed by atoms with Crippen molar-refractivity contribution < 1.29 is 9.90 Å². The van der Waals surface area contributed by atoms with E-state index in [4.69, 9.17) is 28.2 Å². The summed E-state index contributed by atoms with van der Waals surface area (Å²) >= 11 is 14.4. The van der Waals surface area contributed by atoms with Crippen molar-refractivity contribution in [2.24, 2.45) is 23.2 Å². The maximum atomic E-state index is 13.1. The van der Waals surface area contributed by atoms with Crippen LogP contribution in [0.2, 0.25) is 10.0 Å². The van der Waals surface area contributed by atoms with Gasteiger partial charge in [-0.25, -0.2) is 4.98 Å². The molecular weight excluding hydrogens is 489 g/mol. The molecule has 5 nitrogen and oxygen atoms in total. The summed E-state index contributed by atoms with van der Waals surface area (Å²) in [6, 6.07) is 5.43. The molecule has 1 saturated carbocycles. The molecule has 0 radical (unpaired) electrons. The summed E-state index contributed by atoms with van der Waals surface area (Å²) in [5.74, 6) is 0.0790. The van der Waals surface area contributed by atoms with Crippen LogP contribution in [0.4, 0.5) is 10.8 Å². The molecule has 34 heavy (non-hydrogen) atoms. The number of carbonyl (C=O) groups is 1. The zero-order chi connectivity index (χ0) is 24.8. The molecule has 4 rings (SSSR count). The maximum absolute atomic E-state index is 13.1. The van der Waals surface area contributed by atoms with Crippen molar-refractivity contribution >= 4 is 51.3 Å². The third-order valence-corrected chi connectivity index (χ3v) is 9.84. The Labute approximate surface area is 216 Å². The summed E-state index contributed by atoms with van der Waals surface area (Å²) in [6.45, 7) is 11.9. The number of hydrogen-bond acceptors (Lipinski definition) is 5. The fraction of sp³-hybridized carbons (Fsp3) is 0.615. The second-order valence-electron chi connectivity index (χ2n) is 10.2. The number of carbonyl (C=O) groups excluding carboxylic acids is 1. The molecule has 1 fully saturated rings. The SMILES string of the molecule is CCN(CC)C(=O)[C@@H](C)[C@H]1CC[C@@]2(C)Cc3sc(Nc4c(Cl)cccc4Cl)nc3[C@@H](C)[C@@H]2[C@H]1O. The van der Waals surface area contributed by atoms with E-state index in [1.54, 1.807) is 23.5 Å². The van der Waals surface area contributed by atoms with Crippen LogP contribution < -0.4 is 5.32 Å². The molecule has 1 aromatic carbocycles. The smallest absolute Gasteiger partial charge is 0.225 e. The molecule has 0 saturated heterocycles. The van der Waals surface area contributed by atoms with Gasteiger partial charge in [0.1, 0.15) is 0 Å². The molecule has 6 atom stereocenters. The van der Waals surface area contributed by atoms with Gasteiger partial charge in [0, 0.05) is 29.8 Å². The first-order chi connectivity index (χ1) is 16.1. The number of amides is 1. The zero-order valence-corrected chi connectivity index (χ0v) is 22.9. The molecule has 0 spiro atoms. The average Bonchev–Trinajstić information content (AvgIpc) is 3.19. The highest BCUT2D eigenvalue weighted by Crippen LogP contribution is 2.57. The summed E-state index contributed by atoms with van der Waals surface area (Å²) in [7, 11) is 0. The van der Waals surface area contributed by atoms with Crippen molar-refractivity contribution in [1.29, 1.82) is 0 Å². The normalized spacial score (nSPS) is 29.2. The Hall–Kier alpha value is -1.34. The number of halogens is 2. The van der Waals surface area contributed by atoms with Crippen LogP contribution in [0.3, 0.4) is 0 Å². The number of aliphatic hydroxyl groups excluding tert-OH is 1. The maximum Gasteiger partial charge on any atom is 0.225 e. The van der Waals surface area contributed by atoms with E-state index in [2.05, 4.69) is 19.2 Å². The van der Waals surface area contributed by atoms with E-state index in [1.807, 2.05) is 31.7 Å². The van der Waals surface area contributed by atoms with E-state index in [0.29, 0.717) is 28.8 Å². The lowest BCUT2D eigenvalue weighted by Crippen LogP contribution is -2.53. The van der Waals surface area contributed by atoms with Crippen LogP contribution in [-0.2, 0) is 11.2 Å². The van der Waals surface area contributed by atoms with Crippen molar-refractivity contribution in [2.75, 3.05) is 18.4 Å². The first-order valence-corrected chi connectivity index (χ1v) is 13.9. The van der Waals surface area contributed by atoms with Crippen LogP contribution in [0.15, 0.2) is 18.2 Å². The van der Waals surface area contributed by atoms with Gasteiger partial charge in [-0.1, -0.05) is 50.0 Å². The van der Waals surface area contributed by atoms with E-state index in [-0.39, 0.29) is 35.0 Å². The molecule has 2 aliphatic rings. The summed E-state index contributed by atoms with van der Waals surface area (Å²) in [4.78, 5) is 21.1. The third kappa shape index (κ3) is 4.47. The number of nitrogens with one attached hydrogen (secondary N) is 1. The molecule has 0 aliphatic heterocycles. The van der Waals surface area contributed by atoms with Crippen molar-refractivity contribution in [1.82, 2.24) is 9.88 Å². The number of anilines is 2. The van der Waals surface area contributed by atoms with Crippen LogP contribution in [0, 0.1) is 23.2 Å². The highest BCUT2D eigenvalue weighted by Gasteiger charge is 2.54. The quantitative estimate of drug-likeness (QED) is 0.439. The Morgan fingerprint density at radius 3 is 2.59 bits per heavy atom. The summed E-state index contributed by atoms with van der Waals surface area (Å²) in [6.07, 6.45) is 2.21. The molecule has 1 amide bonds. The lowest BCUT2D eigenvalue weighted by Gasteiger charge is -2.53. The third-order valence-electron chi connectivity index (χ3n) is 8.22. The van der Waals surface area contributed by atoms with Crippen LogP contribution in [0.1, 0.15) is 63.9 Å². The molecule has 2 aliphatic carbocycles. The van der Waals surface area contributed by atoms with E-state index in [1.165, 1.54) is 4.88 Å². The summed E-state index contributed by atoms with van der Waals surface area (Å²) < 4.78 is 0. The van der Waals surface area contributed by atoms with Crippen LogP contribution in [0.25, 0.3) is 0 Å². The predicted octanol–water partition coefficient (Wildman–Crippen LogP) is 6.75. The van der Waals surface area contributed by atoms with Gasteiger partial charge in [0.25, 0.3) is 0 Å². The summed E-state index contributed by atoms with van der Waals surface area (Å²) in [5.41, 5.74) is 1.68. The molecule has 0 bridgehead atoms. The minimum Gasteiger partial charge on any atom is -0.392 e. The Morgan fingerprint density at radius 1 is 1.32 bits per heavy atom. The van der Waals surface area contributed by atoms with Gasteiger partial charge in [0.05, 0.1) is 27.5 Å². The fourth-order valence-corrected chi connectivity index (χ4v) is 8.09. The number of benzene rings is 1. The number of hydrogen-bond donors (Lipinski definition) is 2. The van der Waals surface area contributed by atoms with Gasteiger partial charge in [-0.3, -0.25) is 4.79 Å². The standard InChI is InChI=1S/C26H35Cl2N3O2S/c1-6-31(7-2)24(33)14(3)16-11-12-26(5)13-19-21(15(4)20(26)23(16)32)29-25(34-19)30-22-17(27)9-8-10-18(22)28/h8-10,14-16,20,23,32H,6-7,11-13H2,1-5H3,(H,29,30)/t14-,15-,16+,20+,23-,26-/m0/s1. The number of rotatable bonds is 6. The van der Waals surface area contributed by atoms with Crippen LogP contribution in [-0.4, -0.2) is 40.1 Å². The van der Waals surface area contributed by atoms with Crippen molar-refractivity contribution in [3.63, 3.8) is 0 Å². The Bertz CT molecular complexity index is 1040. The molecular formula is C26H35Cl2N3O2S. The highest BCUT2D eigenvalue weighted by molar-refractivity contribution is 7.15. The number of fused-ring (bicyclic) bond motifs is 2. The number of nitrogens with zero attached hydrogens (tertiary/aromatic N) is 2. The molecule has 2 N–H and O–H groups in total. The van der Waals surface area contributed by atoms with E-state index >= 15 is 0 Å². The fourth-order valence-electron chi connectivity index (χ4n) is 6.33.